The summed E-state index contributed by atoms with van der Waals surface area (Å²) in [4.78, 5) is 10.9. The summed E-state index contributed by atoms with van der Waals surface area (Å²) < 4.78 is 10.1. The number of ether oxygens (including phenoxy) is 2. The number of rotatable bonds is 3. The molecule has 0 unspecified atom stereocenters. The molecule has 0 atom stereocenters. The van der Waals surface area contributed by atoms with Gasteiger partial charge < -0.3 is 9.47 Å². The largest absolute Gasteiger partial charge is 0.350 e. The maximum atomic E-state index is 10.9. The number of hydrogen-bond donors (Lipinski definition) is 0. The normalized spacial score (nSPS) is 18.1. The first kappa shape index (κ1) is 8.25. The zero-order valence-corrected chi connectivity index (χ0v) is 6.21. The summed E-state index contributed by atoms with van der Waals surface area (Å²) in [6, 6.07) is 0. The third kappa shape index (κ3) is 2.71. The lowest BCUT2D eigenvalue weighted by Crippen LogP contribution is -2.13. The Morgan fingerprint density at radius 2 is 2.18 bits per heavy atom. The highest BCUT2D eigenvalue weighted by Crippen LogP contribution is 2.08. The summed E-state index contributed by atoms with van der Waals surface area (Å²) in [6.07, 6.45) is 5.05. The number of carbonyl (C=O) groups is 1. The van der Waals surface area contributed by atoms with Crippen LogP contribution in [0.3, 0.4) is 0 Å². The summed E-state index contributed by atoms with van der Waals surface area (Å²) in [6.45, 7) is 1.15. The molecule has 1 heterocycles. The second kappa shape index (κ2) is 4.12. The minimum Gasteiger partial charge on any atom is -0.350 e. The fourth-order valence-corrected chi connectivity index (χ4v) is 0.897. The molecule has 11 heavy (non-hydrogen) atoms. The van der Waals surface area contributed by atoms with E-state index in [2.05, 4.69) is 5.92 Å². The molecule has 1 aliphatic rings. The van der Waals surface area contributed by atoms with Gasteiger partial charge in [0.25, 0.3) is 0 Å². The van der Waals surface area contributed by atoms with Gasteiger partial charge in [-0.3, -0.25) is 4.79 Å². The van der Waals surface area contributed by atoms with Gasteiger partial charge in [-0.2, -0.15) is 0 Å². The van der Waals surface area contributed by atoms with E-state index < -0.39 is 0 Å². The van der Waals surface area contributed by atoms with Crippen molar-refractivity contribution in [2.45, 2.75) is 19.1 Å². The van der Waals surface area contributed by atoms with Crippen LogP contribution >= 0.6 is 0 Å². The number of carbonyl (C=O) groups excluding carboxylic acids is 1. The molecule has 1 fully saturated rings. The van der Waals surface area contributed by atoms with Gasteiger partial charge in [-0.15, -0.1) is 6.42 Å². The predicted octanol–water partition coefficient (Wildman–Crippen LogP) is 0.342. The Balaban J connectivity index is 2.19. The molecule has 0 aliphatic carbocycles. The molecule has 0 aromatic rings. The van der Waals surface area contributed by atoms with Gasteiger partial charge in [0, 0.05) is 0 Å². The van der Waals surface area contributed by atoms with Crippen LogP contribution in [0.5, 0.6) is 0 Å². The molecule has 0 aromatic carbocycles. The Bertz CT molecular complexity index is 174. The lowest BCUT2D eigenvalue weighted by molar-refractivity contribution is -0.126. The van der Waals surface area contributed by atoms with Crippen molar-refractivity contribution in [3.8, 4) is 12.3 Å². The van der Waals surface area contributed by atoms with Crippen LogP contribution in [-0.2, 0) is 14.3 Å². The lowest BCUT2D eigenvalue weighted by Gasteiger charge is -2.05. The first-order valence-electron chi connectivity index (χ1n) is 3.51. The molecule has 3 nitrogen and oxygen atoms in total. The first-order chi connectivity index (χ1) is 5.33. The second-order valence-electron chi connectivity index (χ2n) is 2.29. The van der Waals surface area contributed by atoms with E-state index in [9.17, 15) is 4.79 Å². The van der Waals surface area contributed by atoms with Gasteiger partial charge in [-0.25, -0.2) is 0 Å². The molecular formula is C8H10O3. The Hall–Kier alpha value is -0.850. The van der Waals surface area contributed by atoms with Gasteiger partial charge >= 0.3 is 0 Å². The standard InChI is InChI=1S/C8H10O3/c1-2-3-7(9)6-8-10-4-5-11-8/h1,8H,3-6H2. The van der Waals surface area contributed by atoms with Crippen LogP contribution in [0.25, 0.3) is 0 Å². The summed E-state index contributed by atoms with van der Waals surface area (Å²) in [5.41, 5.74) is 0. The monoisotopic (exact) mass is 154 g/mol. The van der Waals surface area contributed by atoms with Crippen molar-refractivity contribution in [2.75, 3.05) is 13.2 Å². The van der Waals surface area contributed by atoms with E-state index >= 15 is 0 Å². The van der Waals surface area contributed by atoms with Crippen LogP contribution in [0.2, 0.25) is 0 Å². The molecule has 1 aliphatic heterocycles. The van der Waals surface area contributed by atoms with E-state index in [1.165, 1.54) is 0 Å². The average molecular weight is 154 g/mol. The van der Waals surface area contributed by atoms with E-state index in [-0.39, 0.29) is 24.9 Å². The first-order valence-corrected chi connectivity index (χ1v) is 3.51. The number of terminal acetylenes is 1. The van der Waals surface area contributed by atoms with Crippen LogP contribution in [0.4, 0.5) is 0 Å². The summed E-state index contributed by atoms with van der Waals surface area (Å²) in [5.74, 6) is 2.28. The van der Waals surface area contributed by atoms with Crippen molar-refractivity contribution >= 4 is 5.78 Å². The zero-order valence-electron chi connectivity index (χ0n) is 6.21. The molecule has 0 saturated carbocycles. The topological polar surface area (TPSA) is 35.5 Å². The minimum absolute atomic E-state index is 0.000556. The molecule has 3 heteroatoms. The van der Waals surface area contributed by atoms with Gasteiger partial charge in [0.1, 0.15) is 5.78 Å². The number of ketones is 1. The quantitative estimate of drug-likeness (QED) is 0.550. The molecule has 0 aromatic heterocycles. The molecule has 0 radical (unpaired) electrons. The molecule has 0 bridgehead atoms. The number of hydrogen-bond acceptors (Lipinski definition) is 3. The summed E-state index contributed by atoms with van der Waals surface area (Å²) in [7, 11) is 0. The second-order valence-corrected chi connectivity index (χ2v) is 2.29. The average Bonchev–Trinajstić information content (AvgIpc) is 2.40. The van der Waals surface area contributed by atoms with Gasteiger partial charge in [-0.05, 0) is 0 Å². The minimum atomic E-state index is -0.351. The summed E-state index contributed by atoms with van der Waals surface area (Å²) >= 11 is 0. The molecule has 1 saturated heterocycles. The van der Waals surface area contributed by atoms with Crippen molar-refractivity contribution < 1.29 is 14.3 Å². The molecule has 0 amide bonds. The van der Waals surface area contributed by atoms with Crippen LogP contribution in [0.15, 0.2) is 0 Å². The van der Waals surface area contributed by atoms with Gasteiger partial charge in [0.05, 0.1) is 26.1 Å². The van der Waals surface area contributed by atoms with E-state index in [4.69, 9.17) is 15.9 Å². The Kier molecular flexibility index (Phi) is 3.09. The lowest BCUT2D eigenvalue weighted by atomic mass is 10.2. The SMILES string of the molecule is C#CCC(=O)CC1OCCO1. The summed E-state index contributed by atoms with van der Waals surface area (Å²) in [5, 5.41) is 0. The van der Waals surface area contributed by atoms with E-state index in [1.54, 1.807) is 0 Å². The Morgan fingerprint density at radius 3 is 2.73 bits per heavy atom. The molecule has 1 rings (SSSR count). The van der Waals surface area contributed by atoms with Gasteiger partial charge in [0.15, 0.2) is 6.29 Å². The fourth-order valence-electron chi connectivity index (χ4n) is 0.897. The van der Waals surface area contributed by atoms with E-state index in [0.717, 1.165) is 0 Å². The predicted molar refractivity (Wildman–Crippen MR) is 38.8 cm³/mol. The molecule has 60 valence electrons. The van der Waals surface area contributed by atoms with Crippen LogP contribution in [0.1, 0.15) is 12.8 Å². The third-order valence-electron chi connectivity index (χ3n) is 1.38. The van der Waals surface area contributed by atoms with Crippen molar-refractivity contribution in [1.29, 1.82) is 0 Å². The Morgan fingerprint density at radius 1 is 1.55 bits per heavy atom. The maximum absolute atomic E-state index is 10.9. The van der Waals surface area contributed by atoms with Crippen molar-refractivity contribution in [3.63, 3.8) is 0 Å². The highest BCUT2D eigenvalue weighted by molar-refractivity contribution is 5.80. The van der Waals surface area contributed by atoms with E-state index in [1.807, 2.05) is 0 Å². The molecular weight excluding hydrogens is 144 g/mol. The molecule has 0 N–H and O–H groups in total. The van der Waals surface area contributed by atoms with Crippen LogP contribution in [-0.4, -0.2) is 25.3 Å². The fraction of sp³-hybridized carbons (Fsp3) is 0.625. The van der Waals surface area contributed by atoms with E-state index in [0.29, 0.717) is 13.2 Å². The number of Topliss-reactive ketones (excluding diaryl/α,β-unsaturated/α-hetero) is 1. The molecule has 0 spiro atoms. The maximum Gasteiger partial charge on any atom is 0.164 e. The van der Waals surface area contributed by atoms with Crippen molar-refractivity contribution in [2.24, 2.45) is 0 Å². The van der Waals surface area contributed by atoms with Gasteiger partial charge in [0.2, 0.25) is 0 Å². The van der Waals surface area contributed by atoms with Crippen LogP contribution in [0, 0.1) is 12.3 Å². The highest BCUT2D eigenvalue weighted by atomic mass is 16.7. The highest BCUT2D eigenvalue weighted by Gasteiger charge is 2.18. The van der Waals surface area contributed by atoms with Crippen molar-refractivity contribution in [1.82, 2.24) is 0 Å². The smallest absolute Gasteiger partial charge is 0.164 e. The van der Waals surface area contributed by atoms with Crippen molar-refractivity contribution in [3.05, 3.63) is 0 Å². The Labute approximate surface area is 65.7 Å². The van der Waals surface area contributed by atoms with Crippen LogP contribution < -0.4 is 0 Å². The zero-order chi connectivity index (χ0) is 8.10. The van der Waals surface area contributed by atoms with Gasteiger partial charge in [-0.1, -0.05) is 5.92 Å². The third-order valence-corrected chi connectivity index (χ3v) is 1.38.